The lowest BCUT2D eigenvalue weighted by Gasteiger charge is -2.11. The maximum Gasteiger partial charge on any atom is 0.348 e. The maximum atomic E-state index is 12.3. The van der Waals surface area contributed by atoms with Gasteiger partial charge in [0.15, 0.2) is 0 Å². The van der Waals surface area contributed by atoms with Gasteiger partial charge >= 0.3 is 5.69 Å². The molecule has 3 aromatic rings. The van der Waals surface area contributed by atoms with E-state index in [0.29, 0.717) is 6.54 Å². The zero-order valence-electron chi connectivity index (χ0n) is 12.0. The third-order valence-electron chi connectivity index (χ3n) is 3.68. The molecule has 4 heteroatoms. The van der Waals surface area contributed by atoms with Crippen molar-refractivity contribution < 1.29 is 0 Å². The molecule has 0 saturated heterocycles. The molecule has 0 atom stereocenters. The standard InChI is InChI=1S/C17H17N3O/c1-2-15-14-5-3-4-6-16(14)20(17(21)19-15)12-9-13-7-10-18-11-8-13/h3-8,10-11H,2,9,12H2,1H3. The van der Waals surface area contributed by atoms with Gasteiger partial charge in [-0.05, 0) is 36.6 Å². The molecular weight excluding hydrogens is 262 g/mol. The van der Waals surface area contributed by atoms with E-state index >= 15 is 0 Å². The fraction of sp³-hybridized carbons (Fsp3) is 0.235. The second-order valence-corrected chi connectivity index (χ2v) is 4.97. The molecule has 0 aliphatic rings. The van der Waals surface area contributed by atoms with Crippen molar-refractivity contribution in [2.45, 2.75) is 26.3 Å². The van der Waals surface area contributed by atoms with Crippen molar-refractivity contribution in [2.75, 3.05) is 0 Å². The molecule has 0 saturated carbocycles. The molecule has 0 aliphatic heterocycles. The monoisotopic (exact) mass is 279 g/mol. The summed E-state index contributed by atoms with van der Waals surface area (Å²) in [5, 5.41) is 1.06. The molecule has 21 heavy (non-hydrogen) atoms. The van der Waals surface area contributed by atoms with Gasteiger partial charge < -0.3 is 0 Å². The van der Waals surface area contributed by atoms with E-state index in [0.717, 1.165) is 29.4 Å². The summed E-state index contributed by atoms with van der Waals surface area (Å²) in [6.45, 7) is 2.65. The van der Waals surface area contributed by atoms with Gasteiger partial charge in [-0.2, -0.15) is 4.98 Å². The van der Waals surface area contributed by atoms with Crippen molar-refractivity contribution in [1.82, 2.24) is 14.5 Å². The number of hydrogen-bond donors (Lipinski definition) is 0. The Balaban J connectivity index is 2.02. The van der Waals surface area contributed by atoms with E-state index in [1.165, 1.54) is 5.56 Å². The van der Waals surface area contributed by atoms with Crippen LogP contribution in [0.25, 0.3) is 10.9 Å². The molecule has 3 rings (SSSR count). The van der Waals surface area contributed by atoms with Crippen LogP contribution >= 0.6 is 0 Å². The highest BCUT2D eigenvalue weighted by Crippen LogP contribution is 2.16. The lowest BCUT2D eigenvalue weighted by molar-refractivity contribution is 0.670. The van der Waals surface area contributed by atoms with Crippen molar-refractivity contribution in [1.29, 1.82) is 0 Å². The van der Waals surface area contributed by atoms with Crippen LogP contribution in [-0.2, 0) is 19.4 Å². The number of rotatable bonds is 4. The SMILES string of the molecule is CCc1nc(=O)n(CCc2ccncc2)c2ccccc12. The van der Waals surface area contributed by atoms with Crippen molar-refractivity contribution >= 4 is 10.9 Å². The highest BCUT2D eigenvalue weighted by atomic mass is 16.1. The maximum absolute atomic E-state index is 12.3. The molecule has 0 radical (unpaired) electrons. The lowest BCUT2D eigenvalue weighted by atomic mass is 10.1. The second kappa shape index (κ2) is 5.87. The Morgan fingerprint density at radius 3 is 2.62 bits per heavy atom. The Labute approximate surface area is 123 Å². The summed E-state index contributed by atoms with van der Waals surface area (Å²) in [6.07, 6.45) is 5.10. The van der Waals surface area contributed by atoms with Crippen LogP contribution in [0.4, 0.5) is 0 Å². The first kappa shape index (κ1) is 13.5. The normalized spacial score (nSPS) is 10.9. The number of hydrogen-bond acceptors (Lipinski definition) is 3. The molecule has 2 aromatic heterocycles. The van der Waals surface area contributed by atoms with Crippen LogP contribution in [0.5, 0.6) is 0 Å². The summed E-state index contributed by atoms with van der Waals surface area (Å²) in [5.74, 6) is 0. The summed E-state index contributed by atoms with van der Waals surface area (Å²) < 4.78 is 1.76. The summed E-state index contributed by atoms with van der Waals surface area (Å²) in [4.78, 5) is 20.5. The predicted octanol–water partition coefficient (Wildman–Crippen LogP) is 2.60. The Morgan fingerprint density at radius 2 is 1.86 bits per heavy atom. The average molecular weight is 279 g/mol. The lowest BCUT2D eigenvalue weighted by Crippen LogP contribution is -2.25. The van der Waals surface area contributed by atoms with E-state index in [-0.39, 0.29) is 5.69 Å². The molecule has 0 fully saturated rings. The minimum atomic E-state index is -0.167. The molecule has 1 aromatic carbocycles. The van der Waals surface area contributed by atoms with Crippen molar-refractivity contribution in [3.8, 4) is 0 Å². The number of benzene rings is 1. The fourth-order valence-corrected chi connectivity index (χ4v) is 2.57. The topological polar surface area (TPSA) is 47.8 Å². The van der Waals surface area contributed by atoms with Crippen molar-refractivity contribution in [2.24, 2.45) is 0 Å². The number of nitrogens with zero attached hydrogens (tertiary/aromatic N) is 3. The van der Waals surface area contributed by atoms with E-state index in [1.54, 1.807) is 17.0 Å². The molecule has 0 aliphatic carbocycles. The smallest absolute Gasteiger partial charge is 0.292 e. The summed E-state index contributed by atoms with van der Waals surface area (Å²) in [7, 11) is 0. The first-order valence-electron chi connectivity index (χ1n) is 7.17. The van der Waals surface area contributed by atoms with Crippen LogP contribution in [0.1, 0.15) is 18.2 Å². The third kappa shape index (κ3) is 2.70. The van der Waals surface area contributed by atoms with E-state index in [1.807, 2.05) is 43.3 Å². The predicted molar refractivity (Wildman–Crippen MR) is 83.3 cm³/mol. The minimum Gasteiger partial charge on any atom is -0.292 e. The zero-order chi connectivity index (χ0) is 14.7. The summed E-state index contributed by atoms with van der Waals surface area (Å²) in [5.41, 5.74) is 2.83. The Bertz CT molecular complexity index is 809. The van der Waals surface area contributed by atoms with Crippen LogP contribution in [-0.4, -0.2) is 14.5 Å². The molecule has 0 N–H and O–H groups in total. The zero-order valence-corrected chi connectivity index (χ0v) is 12.0. The molecular formula is C17H17N3O. The van der Waals surface area contributed by atoms with Crippen molar-refractivity contribution in [3.63, 3.8) is 0 Å². The molecule has 4 nitrogen and oxygen atoms in total. The Hall–Kier alpha value is -2.49. The van der Waals surface area contributed by atoms with E-state index in [4.69, 9.17) is 0 Å². The third-order valence-corrected chi connectivity index (χ3v) is 3.68. The first-order valence-corrected chi connectivity index (χ1v) is 7.17. The van der Waals surface area contributed by atoms with Gasteiger partial charge in [0.05, 0.1) is 11.2 Å². The average Bonchev–Trinajstić information content (AvgIpc) is 2.54. The first-order chi connectivity index (χ1) is 10.3. The number of aromatic nitrogens is 3. The van der Waals surface area contributed by atoms with Crippen molar-refractivity contribution in [3.05, 3.63) is 70.5 Å². The molecule has 0 unspecified atom stereocenters. The van der Waals surface area contributed by atoms with Crippen LogP contribution in [0.15, 0.2) is 53.6 Å². The quantitative estimate of drug-likeness (QED) is 0.737. The number of fused-ring (bicyclic) bond motifs is 1. The highest BCUT2D eigenvalue weighted by molar-refractivity contribution is 5.81. The highest BCUT2D eigenvalue weighted by Gasteiger charge is 2.08. The van der Waals surface area contributed by atoms with Gasteiger partial charge in [-0.15, -0.1) is 0 Å². The summed E-state index contributed by atoms with van der Waals surface area (Å²) in [6, 6.07) is 11.9. The van der Waals surface area contributed by atoms with Crippen LogP contribution in [0.3, 0.4) is 0 Å². The van der Waals surface area contributed by atoms with Crippen LogP contribution in [0, 0.1) is 0 Å². The van der Waals surface area contributed by atoms with Crippen LogP contribution < -0.4 is 5.69 Å². The molecule has 106 valence electrons. The molecule has 0 amide bonds. The van der Waals surface area contributed by atoms with E-state index < -0.39 is 0 Å². The second-order valence-electron chi connectivity index (χ2n) is 4.97. The largest absolute Gasteiger partial charge is 0.348 e. The van der Waals surface area contributed by atoms with Gasteiger partial charge in [-0.3, -0.25) is 9.55 Å². The van der Waals surface area contributed by atoms with Gasteiger partial charge in [0.25, 0.3) is 0 Å². The number of aryl methyl sites for hydroxylation is 3. The molecule has 2 heterocycles. The van der Waals surface area contributed by atoms with Gasteiger partial charge in [0.1, 0.15) is 0 Å². The van der Waals surface area contributed by atoms with Gasteiger partial charge in [-0.1, -0.05) is 25.1 Å². The number of pyridine rings is 1. The Kier molecular flexibility index (Phi) is 3.77. The number of para-hydroxylation sites is 1. The van der Waals surface area contributed by atoms with E-state index in [9.17, 15) is 4.79 Å². The minimum absolute atomic E-state index is 0.167. The molecule has 0 spiro atoms. The molecule has 0 bridgehead atoms. The van der Waals surface area contributed by atoms with Gasteiger partial charge in [0.2, 0.25) is 0 Å². The Morgan fingerprint density at radius 1 is 1.10 bits per heavy atom. The van der Waals surface area contributed by atoms with Gasteiger partial charge in [0, 0.05) is 24.3 Å². The fourth-order valence-electron chi connectivity index (χ4n) is 2.57. The van der Waals surface area contributed by atoms with Gasteiger partial charge in [-0.25, -0.2) is 4.79 Å². The van der Waals surface area contributed by atoms with Crippen LogP contribution in [0.2, 0.25) is 0 Å². The summed E-state index contributed by atoms with van der Waals surface area (Å²) >= 11 is 0. The van der Waals surface area contributed by atoms with E-state index in [2.05, 4.69) is 9.97 Å².